The van der Waals surface area contributed by atoms with E-state index in [1.165, 1.54) is 12.0 Å². The van der Waals surface area contributed by atoms with E-state index in [9.17, 15) is 9.59 Å². The van der Waals surface area contributed by atoms with Gasteiger partial charge in [-0.25, -0.2) is 4.79 Å². The fraction of sp³-hybridized carbons (Fsp3) is 0.231. The van der Waals surface area contributed by atoms with Crippen LogP contribution in [0.5, 0.6) is 0 Å². The second kappa shape index (κ2) is 9.68. The third-order valence-corrected chi connectivity index (χ3v) is 6.11. The number of fused-ring (bicyclic) bond motifs is 3. The van der Waals surface area contributed by atoms with Crippen LogP contribution in [0.1, 0.15) is 28.2 Å². The monoisotopic (exact) mass is 456 g/mol. The summed E-state index contributed by atoms with van der Waals surface area (Å²) in [6.07, 6.45) is -0.567. The van der Waals surface area contributed by atoms with Crippen molar-refractivity contribution in [2.24, 2.45) is 5.11 Å². The first-order chi connectivity index (χ1) is 16.4. The lowest BCUT2D eigenvalue weighted by Crippen LogP contribution is -2.29. The van der Waals surface area contributed by atoms with Crippen molar-refractivity contribution < 1.29 is 19.1 Å². The number of amides is 1. The van der Waals surface area contributed by atoms with Crippen LogP contribution in [0.3, 0.4) is 0 Å². The molecule has 0 aliphatic heterocycles. The number of carbonyl (C=O) groups excluding carboxylic acids is 2. The highest BCUT2D eigenvalue weighted by atomic mass is 16.6. The lowest BCUT2D eigenvalue weighted by Gasteiger charge is -2.22. The molecule has 8 heteroatoms. The Morgan fingerprint density at radius 1 is 1.06 bits per heavy atom. The highest BCUT2D eigenvalue weighted by molar-refractivity contribution is 5.90. The Labute approximate surface area is 197 Å². The molecule has 0 saturated carbocycles. The zero-order valence-corrected chi connectivity index (χ0v) is 19.2. The van der Waals surface area contributed by atoms with Crippen molar-refractivity contribution in [3.8, 4) is 11.1 Å². The van der Waals surface area contributed by atoms with Gasteiger partial charge in [-0.05, 0) is 58.0 Å². The van der Waals surface area contributed by atoms with Gasteiger partial charge in [0.05, 0.1) is 19.2 Å². The van der Waals surface area contributed by atoms with Gasteiger partial charge < -0.3 is 9.47 Å². The van der Waals surface area contributed by atoms with Crippen LogP contribution in [-0.2, 0) is 20.7 Å². The Morgan fingerprint density at radius 2 is 1.68 bits per heavy atom. The molecule has 0 spiro atoms. The van der Waals surface area contributed by atoms with E-state index in [0.717, 1.165) is 22.3 Å². The van der Waals surface area contributed by atoms with E-state index in [0.29, 0.717) is 22.5 Å². The first kappa shape index (κ1) is 22.9. The Kier molecular flexibility index (Phi) is 6.52. The maximum Gasteiger partial charge on any atom is 0.414 e. The second-order valence-electron chi connectivity index (χ2n) is 8.06. The molecule has 4 rings (SSSR count). The molecule has 8 nitrogen and oxygen atoms in total. The van der Waals surface area contributed by atoms with Gasteiger partial charge in [0.1, 0.15) is 6.61 Å². The maximum absolute atomic E-state index is 13.0. The predicted molar refractivity (Wildman–Crippen MR) is 129 cm³/mol. The second-order valence-corrected chi connectivity index (χ2v) is 8.06. The average molecular weight is 457 g/mol. The van der Waals surface area contributed by atoms with Crippen LogP contribution in [0.4, 0.5) is 16.2 Å². The topological polar surface area (TPSA) is 105 Å². The molecule has 172 valence electrons. The molecule has 0 N–H and O–H groups in total. The number of hydrogen-bond donors (Lipinski definition) is 0. The van der Waals surface area contributed by atoms with Gasteiger partial charge in [0.15, 0.2) is 0 Å². The van der Waals surface area contributed by atoms with Crippen molar-refractivity contribution >= 4 is 23.4 Å². The van der Waals surface area contributed by atoms with Crippen LogP contribution in [0.25, 0.3) is 21.6 Å². The van der Waals surface area contributed by atoms with Crippen molar-refractivity contribution in [1.29, 1.82) is 0 Å². The Bertz CT molecular complexity index is 1270. The summed E-state index contributed by atoms with van der Waals surface area (Å²) in [5.41, 5.74) is 15.5. The molecular weight excluding hydrogens is 432 g/mol. The van der Waals surface area contributed by atoms with Gasteiger partial charge in [-0.15, -0.1) is 0 Å². The molecule has 0 heterocycles. The number of esters is 1. The number of carbonyl (C=O) groups is 2. The quantitative estimate of drug-likeness (QED) is 0.195. The standard InChI is InChI=1S/C26H24N4O4/c1-16-23(28-29-27)12-17(14-25(31)33-3)13-24(16)30(2)26(32)34-15-22-20-10-6-4-8-18(20)19-9-5-7-11-21(19)22/h4-13,22H,14-15H2,1-3H3. The van der Waals surface area contributed by atoms with E-state index in [1.807, 2.05) is 24.3 Å². The molecule has 0 atom stereocenters. The molecule has 3 aromatic rings. The Balaban J connectivity index is 1.58. The summed E-state index contributed by atoms with van der Waals surface area (Å²) in [6.45, 7) is 1.93. The molecule has 0 saturated heterocycles. The fourth-order valence-corrected chi connectivity index (χ4v) is 4.37. The fourth-order valence-electron chi connectivity index (χ4n) is 4.37. The van der Waals surface area contributed by atoms with Gasteiger partial charge in [0.25, 0.3) is 0 Å². The van der Waals surface area contributed by atoms with Crippen molar-refractivity contribution in [3.63, 3.8) is 0 Å². The zero-order chi connectivity index (χ0) is 24.2. The van der Waals surface area contributed by atoms with Crippen LogP contribution in [0.15, 0.2) is 65.8 Å². The molecule has 1 amide bonds. The van der Waals surface area contributed by atoms with Gasteiger partial charge in [0, 0.05) is 23.6 Å². The third-order valence-electron chi connectivity index (χ3n) is 6.11. The number of azide groups is 1. The van der Waals surface area contributed by atoms with Gasteiger partial charge in [-0.2, -0.15) is 0 Å². The molecule has 0 fully saturated rings. The van der Waals surface area contributed by atoms with Crippen LogP contribution >= 0.6 is 0 Å². The SMILES string of the molecule is COC(=O)Cc1cc(N=[N+]=[N-])c(C)c(N(C)C(=O)OCC2c3ccccc3-c3ccccc32)c1. The largest absolute Gasteiger partial charge is 0.469 e. The van der Waals surface area contributed by atoms with Gasteiger partial charge in [0.2, 0.25) is 0 Å². The number of hydrogen-bond acceptors (Lipinski definition) is 5. The minimum Gasteiger partial charge on any atom is -0.469 e. The molecule has 0 aromatic heterocycles. The highest BCUT2D eigenvalue weighted by Crippen LogP contribution is 2.44. The summed E-state index contributed by atoms with van der Waals surface area (Å²) in [6, 6.07) is 19.6. The minimum atomic E-state index is -0.549. The molecule has 34 heavy (non-hydrogen) atoms. The number of anilines is 1. The van der Waals surface area contributed by atoms with Gasteiger partial charge in [-0.3, -0.25) is 9.69 Å². The lowest BCUT2D eigenvalue weighted by molar-refractivity contribution is -0.139. The van der Waals surface area contributed by atoms with E-state index in [2.05, 4.69) is 34.3 Å². The zero-order valence-electron chi connectivity index (χ0n) is 19.2. The molecular formula is C26H24N4O4. The van der Waals surface area contributed by atoms with Crippen LogP contribution < -0.4 is 4.90 Å². The molecule has 1 aliphatic carbocycles. The number of benzene rings is 3. The summed E-state index contributed by atoms with van der Waals surface area (Å²) < 4.78 is 10.5. The van der Waals surface area contributed by atoms with Crippen molar-refractivity contribution in [2.75, 3.05) is 25.7 Å². The first-order valence-corrected chi connectivity index (χ1v) is 10.8. The van der Waals surface area contributed by atoms with E-state index < -0.39 is 12.1 Å². The Morgan fingerprint density at radius 3 is 2.26 bits per heavy atom. The highest BCUT2D eigenvalue weighted by Gasteiger charge is 2.29. The number of nitrogens with zero attached hydrogens (tertiary/aromatic N) is 4. The summed E-state index contributed by atoms with van der Waals surface area (Å²) in [5, 5.41) is 3.71. The minimum absolute atomic E-state index is 0.0176. The normalized spacial score (nSPS) is 11.7. The molecule has 0 unspecified atom stereocenters. The van der Waals surface area contributed by atoms with Gasteiger partial charge >= 0.3 is 12.1 Å². The smallest absolute Gasteiger partial charge is 0.414 e. The third kappa shape index (κ3) is 4.31. The molecule has 3 aromatic carbocycles. The van der Waals surface area contributed by atoms with E-state index in [4.69, 9.17) is 15.0 Å². The number of ether oxygens (including phenoxy) is 2. The van der Waals surface area contributed by atoms with Crippen molar-refractivity contribution in [2.45, 2.75) is 19.3 Å². The van der Waals surface area contributed by atoms with Crippen LogP contribution in [0, 0.1) is 6.92 Å². The lowest BCUT2D eigenvalue weighted by atomic mass is 9.98. The summed E-state index contributed by atoms with van der Waals surface area (Å²) in [5.74, 6) is -0.499. The summed E-state index contributed by atoms with van der Waals surface area (Å²) >= 11 is 0. The van der Waals surface area contributed by atoms with E-state index >= 15 is 0 Å². The Hall–Kier alpha value is -4.29. The summed E-state index contributed by atoms with van der Waals surface area (Å²) in [4.78, 5) is 29.0. The number of methoxy groups -OCH3 is 1. The van der Waals surface area contributed by atoms with E-state index in [1.54, 1.807) is 26.1 Å². The van der Waals surface area contributed by atoms with Crippen LogP contribution in [0.2, 0.25) is 0 Å². The molecule has 1 aliphatic rings. The van der Waals surface area contributed by atoms with Crippen LogP contribution in [-0.4, -0.2) is 32.8 Å². The van der Waals surface area contributed by atoms with Crippen molar-refractivity contribution in [3.05, 3.63) is 93.4 Å². The predicted octanol–water partition coefficient (Wildman–Crippen LogP) is 6.04. The molecule has 0 radical (unpaired) electrons. The van der Waals surface area contributed by atoms with E-state index in [-0.39, 0.29) is 18.9 Å². The molecule has 0 bridgehead atoms. The first-order valence-electron chi connectivity index (χ1n) is 10.8. The summed E-state index contributed by atoms with van der Waals surface area (Å²) in [7, 11) is 2.89. The van der Waals surface area contributed by atoms with Crippen molar-refractivity contribution in [1.82, 2.24) is 0 Å². The number of rotatable bonds is 6. The average Bonchev–Trinajstić information content (AvgIpc) is 3.17. The maximum atomic E-state index is 13.0. The van der Waals surface area contributed by atoms with Gasteiger partial charge in [-0.1, -0.05) is 53.6 Å².